The molecule has 0 bridgehead atoms. The van der Waals surface area contributed by atoms with E-state index in [1.165, 1.54) is 11.1 Å². The van der Waals surface area contributed by atoms with Crippen molar-refractivity contribution in [3.05, 3.63) is 36.0 Å². The Balaban J connectivity index is 3.93. The lowest BCUT2D eigenvalue weighted by Crippen LogP contribution is -1.85. The van der Waals surface area contributed by atoms with Crippen LogP contribution in [0.15, 0.2) is 36.0 Å². The summed E-state index contributed by atoms with van der Waals surface area (Å²) in [5.74, 6) is 0. The molecule has 0 atom stereocenters. The van der Waals surface area contributed by atoms with Crippen LogP contribution in [0.2, 0.25) is 0 Å². The molecule has 0 heterocycles. The maximum Gasteiger partial charge on any atom is -0.0248 e. The molecule has 0 rings (SSSR count). The van der Waals surface area contributed by atoms with Crippen LogP contribution in [0.4, 0.5) is 0 Å². The molecule has 0 amide bonds. The Hall–Kier alpha value is -0.780. The van der Waals surface area contributed by atoms with Gasteiger partial charge in [0, 0.05) is 0 Å². The van der Waals surface area contributed by atoms with E-state index in [2.05, 4.69) is 33.9 Å². The summed E-state index contributed by atoms with van der Waals surface area (Å²) in [6.45, 7) is 14.2. The van der Waals surface area contributed by atoms with E-state index in [9.17, 15) is 0 Å². The number of hydrogen-bond acceptors (Lipinski definition) is 0. The highest BCUT2D eigenvalue weighted by Crippen LogP contribution is 2.15. The summed E-state index contributed by atoms with van der Waals surface area (Å²) in [7, 11) is 0. The molecule has 0 radical (unpaired) electrons. The van der Waals surface area contributed by atoms with Crippen LogP contribution in [-0.2, 0) is 0 Å². The molecule has 0 unspecified atom stereocenters. The molecule has 0 aromatic heterocycles. The topological polar surface area (TPSA) is 0 Å². The van der Waals surface area contributed by atoms with Crippen molar-refractivity contribution in [3.63, 3.8) is 0 Å². The zero-order chi connectivity index (χ0) is 9.56. The summed E-state index contributed by atoms with van der Waals surface area (Å²) in [5, 5.41) is 0. The van der Waals surface area contributed by atoms with E-state index in [4.69, 9.17) is 0 Å². The van der Waals surface area contributed by atoms with E-state index in [-0.39, 0.29) is 0 Å². The van der Waals surface area contributed by atoms with Gasteiger partial charge in [-0.2, -0.15) is 0 Å². The fraction of sp³-hybridized carbons (Fsp3) is 0.500. The van der Waals surface area contributed by atoms with Crippen LogP contribution >= 0.6 is 0 Å². The number of rotatable bonds is 5. The molecule has 0 aliphatic carbocycles. The SMILES string of the molecule is C=CC(=C)CCC(C)=C(C)CC. The Morgan fingerprint density at radius 2 is 1.75 bits per heavy atom. The summed E-state index contributed by atoms with van der Waals surface area (Å²) in [6.07, 6.45) is 5.18. The summed E-state index contributed by atoms with van der Waals surface area (Å²) in [6, 6.07) is 0. The second-order valence-electron chi connectivity index (χ2n) is 3.28. The van der Waals surface area contributed by atoms with Gasteiger partial charge in [0.2, 0.25) is 0 Å². The Labute approximate surface area is 76.7 Å². The first-order valence-corrected chi connectivity index (χ1v) is 4.57. The normalized spacial score (nSPS) is 12.2. The molecular formula is C12H20. The molecule has 0 aromatic carbocycles. The van der Waals surface area contributed by atoms with E-state index in [0.717, 1.165) is 24.8 Å². The molecule has 0 heteroatoms. The molecule has 0 nitrogen and oxygen atoms in total. The summed E-state index contributed by atoms with van der Waals surface area (Å²) in [4.78, 5) is 0. The van der Waals surface area contributed by atoms with E-state index >= 15 is 0 Å². The summed E-state index contributed by atoms with van der Waals surface area (Å²) in [5.41, 5.74) is 4.14. The van der Waals surface area contributed by atoms with E-state index in [0.29, 0.717) is 0 Å². The Morgan fingerprint density at radius 1 is 1.17 bits per heavy atom. The standard InChI is InChI=1S/C12H20/c1-6-10(3)8-9-12(5)11(4)7-2/h6H,1,3,7-9H2,2,4-5H3. The van der Waals surface area contributed by atoms with Crippen molar-refractivity contribution >= 4 is 0 Å². The third-order valence-electron chi connectivity index (χ3n) is 2.37. The summed E-state index contributed by atoms with van der Waals surface area (Å²) < 4.78 is 0. The Morgan fingerprint density at radius 3 is 2.17 bits per heavy atom. The fourth-order valence-electron chi connectivity index (χ4n) is 0.965. The molecule has 0 aliphatic rings. The lowest BCUT2D eigenvalue weighted by atomic mass is 10.0. The second kappa shape index (κ2) is 5.82. The highest BCUT2D eigenvalue weighted by Gasteiger charge is 1.95. The molecule has 0 saturated heterocycles. The number of allylic oxidation sites excluding steroid dienone is 4. The van der Waals surface area contributed by atoms with Gasteiger partial charge < -0.3 is 0 Å². The molecule has 0 aliphatic heterocycles. The third kappa shape index (κ3) is 4.17. The van der Waals surface area contributed by atoms with Crippen LogP contribution < -0.4 is 0 Å². The quantitative estimate of drug-likeness (QED) is 0.421. The van der Waals surface area contributed by atoms with Crippen molar-refractivity contribution in [2.75, 3.05) is 0 Å². The second-order valence-corrected chi connectivity index (χ2v) is 3.28. The molecule has 0 saturated carbocycles. The lowest BCUT2D eigenvalue weighted by Gasteiger charge is -2.05. The van der Waals surface area contributed by atoms with Crippen LogP contribution in [-0.4, -0.2) is 0 Å². The molecular weight excluding hydrogens is 144 g/mol. The third-order valence-corrected chi connectivity index (χ3v) is 2.37. The van der Waals surface area contributed by atoms with Gasteiger partial charge in [-0.1, -0.05) is 42.9 Å². The van der Waals surface area contributed by atoms with Gasteiger partial charge in [-0.15, -0.1) is 0 Å². The summed E-state index contributed by atoms with van der Waals surface area (Å²) >= 11 is 0. The molecule has 0 N–H and O–H groups in total. The van der Waals surface area contributed by atoms with Crippen molar-refractivity contribution in [3.8, 4) is 0 Å². The highest BCUT2D eigenvalue weighted by atomic mass is 14.0. The number of hydrogen-bond donors (Lipinski definition) is 0. The van der Waals surface area contributed by atoms with Crippen molar-refractivity contribution in [1.82, 2.24) is 0 Å². The molecule has 0 fully saturated rings. The van der Waals surface area contributed by atoms with Gasteiger partial charge in [-0.3, -0.25) is 0 Å². The Kier molecular flexibility index (Phi) is 5.44. The minimum Gasteiger partial charge on any atom is -0.0988 e. The highest BCUT2D eigenvalue weighted by molar-refractivity contribution is 5.15. The van der Waals surface area contributed by atoms with Crippen molar-refractivity contribution in [2.24, 2.45) is 0 Å². The van der Waals surface area contributed by atoms with Crippen LogP contribution in [0.1, 0.15) is 40.0 Å². The predicted molar refractivity (Wildman–Crippen MR) is 57.2 cm³/mol. The van der Waals surface area contributed by atoms with Crippen molar-refractivity contribution in [1.29, 1.82) is 0 Å². The van der Waals surface area contributed by atoms with Crippen LogP contribution in [0.25, 0.3) is 0 Å². The van der Waals surface area contributed by atoms with Gasteiger partial charge in [0.1, 0.15) is 0 Å². The zero-order valence-corrected chi connectivity index (χ0v) is 8.61. The minimum atomic E-state index is 1.05. The first-order valence-electron chi connectivity index (χ1n) is 4.57. The van der Waals surface area contributed by atoms with E-state index in [1.807, 2.05) is 6.08 Å². The van der Waals surface area contributed by atoms with Crippen LogP contribution in [0.5, 0.6) is 0 Å². The predicted octanol–water partition coefficient (Wildman–Crippen LogP) is 4.26. The van der Waals surface area contributed by atoms with Gasteiger partial charge in [0.25, 0.3) is 0 Å². The smallest absolute Gasteiger partial charge is 0.0248 e. The Bertz CT molecular complexity index is 194. The van der Waals surface area contributed by atoms with Crippen LogP contribution in [0, 0.1) is 0 Å². The maximum atomic E-state index is 3.89. The van der Waals surface area contributed by atoms with Gasteiger partial charge >= 0.3 is 0 Å². The van der Waals surface area contributed by atoms with Crippen molar-refractivity contribution in [2.45, 2.75) is 40.0 Å². The minimum absolute atomic E-state index is 1.05. The maximum absolute atomic E-state index is 3.89. The van der Waals surface area contributed by atoms with Gasteiger partial charge in [-0.25, -0.2) is 0 Å². The zero-order valence-electron chi connectivity index (χ0n) is 8.61. The van der Waals surface area contributed by atoms with Gasteiger partial charge in [0.05, 0.1) is 0 Å². The van der Waals surface area contributed by atoms with Crippen molar-refractivity contribution < 1.29 is 0 Å². The van der Waals surface area contributed by atoms with E-state index in [1.54, 1.807) is 0 Å². The average molecular weight is 164 g/mol. The monoisotopic (exact) mass is 164 g/mol. The first kappa shape index (κ1) is 11.2. The molecule has 12 heavy (non-hydrogen) atoms. The fourth-order valence-corrected chi connectivity index (χ4v) is 0.965. The van der Waals surface area contributed by atoms with E-state index < -0.39 is 0 Å². The molecule has 0 spiro atoms. The lowest BCUT2D eigenvalue weighted by molar-refractivity contribution is 0.906. The average Bonchev–Trinajstić information content (AvgIpc) is 2.11. The molecule has 0 aromatic rings. The van der Waals surface area contributed by atoms with Crippen LogP contribution in [0.3, 0.4) is 0 Å². The molecule has 68 valence electrons. The largest absolute Gasteiger partial charge is 0.0988 e. The van der Waals surface area contributed by atoms with Gasteiger partial charge in [0.15, 0.2) is 0 Å². The first-order chi connectivity index (χ1) is 5.61. The van der Waals surface area contributed by atoms with Gasteiger partial charge in [-0.05, 0) is 33.1 Å².